The van der Waals surface area contributed by atoms with Gasteiger partial charge in [-0.1, -0.05) is 24.3 Å². The maximum absolute atomic E-state index is 5.92. The standard InChI is InChI=1S/C14H17N3/c1-11-7-8-14(16-9-11)17(2)10-12-5-3-4-6-13(12)15/h3-9H,10,15H2,1-2H3. The zero-order chi connectivity index (χ0) is 12.3. The number of benzene rings is 1. The van der Waals surface area contributed by atoms with Crippen LogP contribution < -0.4 is 10.6 Å². The van der Waals surface area contributed by atoms with Gasteiger partial charge in [0.1, 0.15) is 5.82 Å². The van der Waals surface area contributed by atoms with Crippen LogP contribution in [0.3, 0.4) is 0 Å². The Morgan fingerprint density at radius 1 is 1.18 bits per heavy atom. The van der Waals surface area contributed by atoms with Crippen molar-refractivity contribution in [3.05, 3.63) is 53.7 Å². The van der Waals surface area contributed by atoms with Gasteiger partial charge in [-0.15, -0.1) is 0 Å². The van der Waals surface area contributed by atoms with Gasteiger partial charge in [0, 0.05) is 25.5 Å². The first-order valence-corrected chi connectivity index (χ1v) is 5.64. The van der Waals surface area contributed by atoms with Crippen LogP contribution in [0.15, 0.2) is 42.6 Å². The van der Waals surface area contributed by atoms with E-state index in [-0.39, 0.29) is 0 Å². The van der Waals surface area contributed by atoms with Crippen LogP contribution in [0.25, 0.3) is 0 Å². The smallest absolute Gasteiger partial charge is 0.128 e. The first-order valence-electron chi connectivity index (χ1n) is 5.64. The maximum Gasteiger partial charge on any atom is 0.128 e. The van der Waals surface area contributed by atoms with Crippen LogP contribution in [-0.4, -0.2) is 12.0 Å². The number of para-hydroxylation sites is 1. The molecule has 0 saturated carbocycles. The number of hydrogen-bond acceptors (Lipinski definition) is 3. The summed E-state index contributed by atoms with van der Waals surface area (Å²) < 4.78 is 0. The lowest BCUT2D eigenvalue weighted by Crippen LogP contribution is -2.18. The number of hydrogen-bond donors (Lipinski definition) is 1. The SMILES string of the molecule is Cc1ccc(N(C)Cc2ccccc2N)nc1. The minimum Gasteiger partial charge on any atom is -0.398 e. The fraction of sp³-hybridized carbons (Fsp3) is 0.214. The summed E-state index contributed by atoms with van der Waals surface area (Å²) in [5.41, 5.74) is 9.04. The first kappa shape index (κ1) is 11.5. The van der Waals surface area contributed by atoms with E-state index >= 15 is 0 Å². The third-order valence-corrected chi connectivity index (χ3v) is 2.75. The normalized spacial score (nSPS) is 10.2. The number of rotatable bonds is 3. The Morgan fingerprint density at radius 2 is 1.94 bits per heavy atom. The molecule has 0 saturated heterocycles. The molecule has 0 unspecified atom stereocenters. The zero-order valence-electron chi connectivity index (χ0n) is 10.2. The van der Waals surface area contributed by atoms with Crippen molar-refractivity contribution in [3.63, 3.8) is 0 Å². The molecular formula is C14H17N3. The van der Waals surface area contributed by atoms with E-state index in [0.717, 1.165) is 23.6 Å². The maximum atomic E-state index is 5.92. The molecule has 0 spiro atoms. The molecule has 2 N–H and O–H groups in total. The van der Waals surface area contributed by atoms with Crippen molar-refractivity contribution >= 4 is 11.5 Å². The molecule has 3 nitrogen and oxygen atoms in total. The van der Waals surface area contributed by atoms with E-state index in [1.165, 1.54) is 5.56 Å². The van der Waals surface area contributed by atoms with Crippen molar-refractivity contribution in [2.75, 3.05) is 17.7 Å². The number of pyridine rings is 1. The van der Waals surface area contributed by atoms with Gasteiger partial charge in [-0.2, -0.15) is 0 Å². The van der Waals surface area contributed by atoms with E-state index in [1.54, 1.807) is 0 Å². The van der Waals surface area contributed by atoms with Gasteiger partial charge < -0.3 is 10.6 Å². The second-order valence-corrected chi connectivity index (χ2v) is 4.25. The number of anilines is 2. The Hall–Kier alpha value is -2.03. The lowest BCUT2D eigenvalue weighted by molar-refractivity contribution is 0.899. The van der Waals surface area contributed by atoms with Crippen LogP contribution >= 0.6 is 0 Å². The number of aromatic nitrogens is 1. The van der Waals surface area contributed by atoms with Gasteiger partial charge in [0.15, 0.2) is 0 Å². The summed E-state index contributed by atoms with van der Waals surface area (Å²) in [6.45, 7) is 2.80. The van der Waals surface area contributed by atoms with Crippen LogP contribution in [0.1, 0.15) is 11.1 Å². The van der Waals surface area contributed by atoms with E-state index in [2.05, 4.69) is 16.0 Å². The quantitative estimate of drug-likeness (QED) is 0.819. The van der Waals surface area contributed by atoms with E-state index in [0.29, 0.717) is 0 Å². The molecule has 1 heterocycles. The number of nitrogens with two attached hydrogens (primary N) is 1. The highest BCUT2D eigenvalue weighted by atomic mass is 15.2. The highest BCUT2D eigenvalue weighted by Crippen LogP contribution is 2.16. The molecule has 88 valence electrons. The molecule has 3 heteroatoms. The molecule has 0 radical (unpaired) electrons. The zero-order valence-corrected chi connectivity index (χ0v) is 10.2. The van der Waals surface area contributed by atoms with Gasteiger partial charge >= 0.3 is 0 Å². The van der Waals surface area contributed by atoms with E-state index in [4.69, 9.17) is 5.73 Å². The van der Waals surface area contributed by atoms with Gasteiger partial charge in [-0.3, -0.25) is 0 Å². The molecule has 1 aromatic carbocycles. The van der Waals surface area contributed by atoms with Crippen LogP contribution in [-0.2, 0) is 6.54 Å². The van der Waals surface area contributed by atoms with Gasteiger partial charge in [0.05, 0.1) is 0 Å². The first-order chi connectivity index (χ1) is 8.16. The van der Waals surface area contributed by atoms with Crippen molar-refractivity contribution in [2.45, 2.75) is 13.5 Å². The number of nitrogens with zero attached hydrogens (tertiary/aromatic N) is 2. The molecule has 0 bridgehead atoms. The van der Waals surface area contributed by atoms with E-state index < -0.39 is 0 Å². The van der Waals surface area contributed by atoms with E-state index in [9.17, 15) is 0 Å². The van der Waals surface area contributed by atoms with Crippen molar-refractivity contribution in [3.8, 4) is 0 Å². The van der Waals surface area contributed by atoms with E-state index in [1.807, 2.05) is 50.5 Å². The second kappa shape index (κ2) is 4.87. The summed E-state index contributed by atoms with van der Waals surface area (Å²) in [6.07, 6.45) is 1.88. The average Bonchev–Trinajstić information content (AvgIpc) is 2.33. The molecule has 1 aromatic heterocycles. The highest BCUT2D eigenvalue weighted by molar-refractivity contribution is 5.49. The Kier molecular flexibility index (Phi) is 3.28. The Morgan fingerprint density at radius 3 is 2.59 bits per heavy atom. The molecule has 0 aliphatic rings. The molecule has 2 aromatic rings. The lowest BCUT2D eigenvalue weighted by Gasteiger charge is -2.19. The molecular weight excluding hydrogens is 210 g/mol. The summed E-state index contributed by atoms with van der Waals surface area (Å²) in [7, 11) is 2.02. The average molecular weight is 227 g/mol. The van der Waals surface area contributed by atoms with Crippen molar-refractivity contribution in [2.24, 2.45) is 0 Å². The summed E-state index contributed by atoms with van der Waals surface area (Å²) in [5, 5.41) is 0. The minimum atomic E-state index is 0.767. The van der Waals surface area contributed by atoms with Crippen LogP contribution in [0.2, 0.25) is 0 Å². The number of nitrogen functional groups attached to an aromatic ring is 1. The Balaban J connectivity index is 2.14. The van der Waals surface area contributed by atoms with Gasteiger partial charge in [-0.05, 0) is 30.2 Å². The lowest BCUT2D eigenvalue weighted by atomic mass is 10.1. The van der Waals surface area contributed by atoms with Crippen LogP contribution in [0, 0.1) is 6.92 Å². The Bertz CT molecular complexity index is 491. The van der Waals surface area contributed by atoms with Gasteiger partial charge in [-0.25, -0.2) is 4.98 Å². The molecule has 0 amide bonds. The molecule has 0 atom stereocenters. The van der Waals surface area contributed by atoms with Gasteiger partial charge in [0.25, 0.3) is 0 Å². The fourth-order valence-corrected chi connectivity index (χ4v) is 1.70. The van der Waals surface area contributed by atoms with Gasteiger partial charge in [0.2, 0.25) is 0 Å². The van der Waals surface area contributed by atoms with Crippen LogP contribution in [0.4, 0.5) is 11.5 Å². The second-order valence-electron chi connectivity index (χ2n) is 4.25. The molecule has 0 aliphatic heterocycles. The van der Waals surface area contributed by atoms with Crippen molar-refractivity contribution < 1.29 is 0 Å². The number of aryl methyl sites for hydroxylation is 1. The predicted octanol–water partition coefficient (Wildman–Crippen LogP) is 2.61. The predicted molar refractivity (Wildman–Crippen MR) is 71.9 cm³/mol. The Labute approximate surface area is 102 Å². The largest absolute Gasteiger partial charge is 0.398 e. The summed E-state index contributed by atoms with van der Waals surface area (Å²) in [6, 6.07) is 12.0. The summed E-state index contributed by atoms with van der Waals surface area (Å²) >= 11 is 0. The molecule has 2 rings (SSSR count). The summed E-state index contributed by atoms with van der Waals surface area (Å²) in [5.74, 6) is 0.957. The van der Waals surface area contributed by atoms with Crippen molar-refractivity contribution in [1.29, 1.82) is 0 Å². The summed E-state index contributed by atoms with van der Waals surface area (Å²) in [4.78, 5) is 6.48. The molecule has 17 heavy (non-hydrogen) atoms. The molecule has 0 aliphatic carbocycles. The third kappa shape index (κ3) is 2.75. The monoisotopic (exact) mass is 227 g/mol. The highest BCUT2D eigenvalue weighted by Gasteiger charge is 2.05. The topological polar surface area (TPSA) is 42.1 Å². The van der Waals surface area contributed by atoms with Crippen LogP contribution in [0.5, 0.6) is 0 Å². The van der Waals surface area contributed by atoms with Crippen molar-refractivity contribution in [1.82, 2.24) is 4.98 Å². The molecule has 0 fully saturated rings. The third-order valence-electron chi connectivity index (χ3n) is 2.75. The minimum absolute atomic E-state index is 0.767. The fourth-order valence-electron chi connectivity index (χ4n) is 1.70.